The molecule has 0 fully saturated rings. The highest BCUT2D eigenvalue weighted by Crippen LogP contribution is 2.09. The maximum atomic E-state index is 11.5. The Balaban J connectivity index is 1.83. The van der Waals surface area contributed by atoms with Crippen molar-refractivity contribution in [2.45, 2.75) is 25.4 Å². The topological polar surface area (TPSA) is 61.4 Å². The van der Waals surface area contributed by atoms with Gasteiger partial charge in [0, 0.05) is 13.6 Å². The third-order valence-electron chi connectivity index (χ3n) is 3.87. The van der Waals surface area contributed by atoms with Crippen molar-refractivity contribution in [3.63, 3.8) is 0 Å². The van der Waals surface area contributed by atoms with Gasteiger partial charge in [0.1, 0.15) is 6.04 Å². The number of carbonyl (C=O) groups is 1. The molecule has 0 saturated heterocycles. The van der Waals surface area contributed by atoms with Crippen molar-refractivity contribution in [1.82, 2.24) is 10.6 Å². The van der Waals surface area contributed by atoms with Gasteiger partial charge < -0.3 is 10.4 Å². The molecule has 1 amide bonds. The Hall–Kier alpha value is -2.17. The van der Waals surface area contributed by atoms with Crippen molar-refractivity contribution < 1.29 is 9.90 Å². The molecule has 0 bridgehead atoms. The lowest BCUT2D eigenvalue weighted by atomic mass is 10.0. The van der Waals surface area contributed by atoms with Crippen molar-refractivity contribution in [1.29, 1.82) is 0 Å². The van der Waals surface area contributed by atoms with E-state index in [0.29, 0.717) is 6.54 Å². The van der Waals surface area contributed by atoms with Gasteiger partial charge in [-0.1, -0.05) is 54.6 Å². The van der Waals surface area contributed by atoms with Gasteiger partial charge in [-0.25, -0.2) is 0 Å². The van der Waals surface area contributed by atoms with Crippen LogP contribution >= 0.6 is 0 Å². The first-order chi connectivity index (χ1) is 11.2. The van der Waals surface area contributed by atoms with Crippen LogP contribution in [0.15, 0.2) is 54.6 Å². The highest BCUT2D eigenvalue weighted by molar-refractivity contribution is 5.81. The molecule has 2 aromatic carbocycles. The fourth-order valence-electron chi connectivity index (χ4n) is 2.41. The molecule has 2 aromatic rings. The molecular formula is C19H24N2O2. The van der Waals surface area contributed by atoms with Crippen LogP contribution in [-0.2, 0) is 24.2 Å². The number of rotatable bonds is 8. The molecule has 4 heteroatoms. The van der Waals surface area contributed by atoms with Gasteiger partial charge in [-0.15, -0.1) is 0 Å². The Morgan fingerprint density at radius 1 is 0.957 bits per heavy atom. The van der Waals surface area contributed by atoms with E-state index in [2.05, 4.69) is 59.2 Å². The van der Waals surface area contributed by atoms with E-state index in [-0.39, 0.29) is 12.5 Å². The van der Waals surface area contributed by atoms with Crippen molar-refractivity contribution in [2.75, 3.05) is 13.7 Å². The number of benzene rings is 2. The highest BCUT2D eigenvalue weighted by Gasteiger charge is 2.14. The first-order valence-corrected chi connectivity index (χ1v) is 7.90. The summed E-state index contributed by atoms with van der Waals surface area (Å²) < 4.78 is 0. The minimum atomic E-state index is -0.572. The molecule has 0 saturated carbocycles. The van der Waals surface area contributed by atoms with Crippen LogP contribution in [0, 0.1) is 0 Å². The minimum absolute atomic E-state index is 0.202. The molecule has 23 heavy (non-hydrogen) atoms. The average Bonchev–Trinajstić information content (AvgIpc) is 2.62. The minimum Gasteiger partial charge on any atom is -0.394 e. The Labute approximate surface area is 137 Å². The number of aliphatic hydroxyl groups excluding tert-OH is 1. The molecule has 0 aromatic heterocycles. The summed E-state index contributed by atoms with van der Waals surface area (Å²) in [5, 5.41) is 14.8. The normalized spacial score (nSPS) is 11.9. The zero-order chi connectivity index (χ0) is 16.5. The van der Waals surface area contributed by atoms with Crippen LogP contribution < -0.4 is 10.6 Å². The van der Waals surface area contributed by atoms with Gasteiger partial charge in [-0.2, -0.15) is 0 Å². The number of aliphatic hydroxyl groups is 1. The van der Waals surface area contributed by atoms with E-state index in [4.69, 9.17) is 0 Å². The van der Waals surface area contributed by atoms with Crippen LogP contribution in [0.4, 0.5) is 0 Å². The Morgan fingerprint density at radius 2 is 1.52 bits per heavy atom. The van der Waals surface area contributed by atoms with Crippen LogP contribution in [0.3, 0.4) is 0 Å². The molecule has 4 nitrogen and oxygen atoms in total. The van der Waals surface area contributed by atoms with Crippen molar-refractivity contribution in [2.24, 2.45) is 0 Å². The lowest BCUT2D eigenvalue weighted by Gasteiger charge is -2.14. The molecule has 0 heterocycles. The van der Waals surface area contributed by atoms with Gasteiger partial charge >= 0.3 is 0 Å². The van der Waals surface area contributed by atoms with Crippen LogP contribution in [0.2, 0.25) is 0 Å². The first kappa shape index (κ1) is 17.2. The summed E-state index contributed by atoms with van der Waals surface area (Å²) in [5.74, 6) is -0.202. The summed E-state index contributed by atoms with van der Waals surface area (Å²) in [4.78, 5) is 11.5. The van der Waals surface area contributed by atoms with E-state index in [1.165, 1.54) is 11.1 Å². The van der Waals surface area contributed by atoms with Crippen molar-refractivity contribution >= 4 is 5.91 Å². The number of nitrogens with one attached hydrogen (secondary N) is 2. The first-order valence-electron chi connectivity index (χ1n) is 7.90. The summed E-state index contributed by atoms with van der Waals surface area (Å²) in [7, 11) is 1.56. The monoisotopic (exact) mass is 312 g/mol. The van der Waals surface area contributed by atoms with Gasteiger partial charge in [0.15, 0.2) is 0 Å². The highest BCUT2D eigenvalue weighted by atomic mass is 16.3. The van der Waals surface area contributed by atoms with E-state index in [9.17, 15) is 9.90 Å². The molecule has 0 aliphatic rings. The van der Waals surface area contributed by atoms with E-state index in [1.54, 1.807) is 7.05 Å². The fraction of sp³-hybridized carbons (Fsp3) is 0.316. The lowest BCUT2D eigenvalue weighted by Crippen LogP contribution is -2.44. The summed E-state index contributed by atoms with van der Waals surface area (Å²) >= 11 is 0. The SMILES string of the molecule is CNC(=O)C(CO)NCc1ccc(CCc2ccccc2)cc1. The zero-order valence-corrected chi connectivity index (χ0v) is 13.5. The average molecular weight is 312 g/mol. The molecule has 1 atom stereocenters. The third kappa shape index (κ3) is 5.51. The van der Waals surface area contributed by atoms with Crippen LogP contribution in [-0.4, -0.2) is 30.7 Å². The van der Waals surface area contributed by atoms with Crippen molar-refractivity contribution in [3.05, 3.63) is 71.3 Å². The second-order valence-corrected chi connectivity index (χ2v) is 5.53. The summed E-state index contributed by atoms with van der Waals surface area (Å²) in [5.41, 5.74) is 3.73. The summed E-state index contributed by atoms with van der Waals surface area (Å²) in [6.07, 6.45) is 2.04. The van der Waals surface area contributed by atoms with E-state index >= 15 is 0 Å². The fourth-order valence-corrected chi connectivity index (χ4v) is 2.41. The van der Waals surface area contributed by atoms with E-state index in [0.717, 1.165) is 18.4 Å². The van der Waals surface area contributed by atoms with Gasteiger partial charge in [0.25, 0.3) is 0 Å². The zero-order valence-electron chi connectivity index (χ0n) is 13.5. The van der Waals surface area contributed by atoms with Crippen molar-refractivity contribution in [3.8, 4) is 0 Å². The molecule has 0 radical (unpaired) electrons. The van der Waals surface area contributed by atoms with Gasteiger partial charge in [-0.3, -0.25) is 10.1 Å². The number of likely N-dealkylation sites (N-methyl/N-ethyl adjacent to an activating group) is 1. The smallest absolute Gasteiger partial charge is 0.239 e. The van der Waals surface area contributed by atoms with E-state index < -0.39 is 6.04 Å². The number of hydrogen-bond donors (Lipinski definition) is 3. The molecular weight excluding hydrogens is 288 g/mol. The molecule has 1 unspecified atom stereocenters. The van der Waals surface area contributed by atoms with Gasteiger partial charge in [0.2, 0.25) is 5.91 Å². The molecule has 2 rings (SSSR count). The quantitative estimate of drug-likeness (QED) is 0.695. The Kier molecular flexibility index (Phi) is 6.78. The second kappa shape index (κ2) is 9.08. The van der Waals surface area contributed by atoms with Crippen LogP contribution in [0.25, 0.3) is 0 Å². The molecule has 122 valence electrons. The predicted molar refractivity (Wildman–Crippen MR) is 92.1 cm³/mol. The number of amides is 1. The molecule has 0 aliphatic carbocycles. The van der Waals surface area contributed by atoms with Crippen LogP contribution in [0.5, 0.6) is 0 Å². The third-order valence-corrected chi connectivity index (χ3v) is 3.87. The number of aryl methyl sites for hydroxylation is 2. The molecule has 0 spiro atoms. The maximum absolute atomic E-state index is 11.5. The standard InChI is InChI=1S/C19H24N2O2/c1-20-19(23)18(14-22)21-13-17-11-9-16(10-12-17)8-7-15-5-3-2-4-6-15/h2-6,9-12,18,21-22H,7-8,13-14H2,1H3,(H,20,23). The summed E-state index contributed by atoms with van der Waals surface area (Å²) in [6.45, 7) is 0.340. The summed E-state index contributed by atoms with van der Waals surface area (Å²) in [6, 6.07) is 18.2. The van der Waals surface area contributed by atoms with Crippen LogP contribution in [0.1, 0.15) is 16.7 Å². The second-order valence-electron chi connectivity index (χ2n) is 5.53. The van der Waals surface area contributed by atoms with E-state index in [1.807, 2.05) is 6.07 Å². The maximum Gasteiger partial charge on any atom is 0.239 e. The largest absolute Gasteiger partial charge is 0.394 e. The van der Waals surface area contributed by atoms with Gasteiger partial charge in [-0.05, 0) is 29.5 Å². The Bertz CT molecular complexity index is 597. The number of hydrogen-bond acceptors (Lipinski definition) is 3. The predicted octanol–water partition coefficient (Wildman–Crippen LogP) is 1.67. The lowest BCUT2D eigenvalue weighted by molar-refractivity contribution is -0.123. The molecule has 0 aliphatic heterocycles. The Morgan fingerprint density at radius 3 is 2.09 bits per heavy atom. The van der Waals surface area contributed by atoms with Gasteiger partial charge in [0.05, 0.1) is 6.61 Å². The number of carbonyl (C=O) groups excluding carboxylic acids is 1. The molecule has 3 N–H and O–H groups in total.